The summed E-state index contributed by atoms with van der Waals surface area (Å²) in [7, 11) is 1.49. The maximum Gasteiger partial charge on any atom is 0.407 e. The molecule has 0 spiro atoms. The first kappa shape index (κ1) is 11.1. The number of halogens is 2. The van der Waals surface area contributed by atoms with Crippen molar-refractivity contribution in [1.29, 1.82) is 0 Å². The summed E-state index contributed by atoms with van der Waals surface area (Å²) in [6, 6.07) is 5.00. The Kier molecular flexibility index (Phi) is 4.04. The van der Waals surface area contributed by atoms with E-state index in [1.807, 2.05) is 0 Å². The zero-order chi connectivity index (χ0) is 10.6. The van der Waals surface area contributed by atoms with Gasteiger partial charge in [0.2, 0.25) is 0 Å². The van der Waals surface area contributed by atoms with Crippen LogP contribution in [0.25, 0.3) is 0 Å². The second kappa shape index (κ2) is 5.08. The molecule has 0 bridgehead atoms. The second-order valence-electron chi connectivity index (χ2n) is 2.60. The van der Waals surface area contributed by atoms with E-state index in [1.165, 1.54) is 7.05 Å². The van der Waals surface area contributed by atoms with Crippen LogP contribution in [0.5, 0.6) is 0 Å². The number of alkyl carbamates (subject to hydrolysis) is 1. The lowest BCUT2D eigenvalue weighted by atomic mass is 10.2. The van der Waals surface area contributed by atoms with Gasteiger partial charge in [-0.1, -0.05) is 23.2 Å². The molecule has 0 aliphatic rings. The largest absolute Gasteiger partial charge is 0.445 e. The minimum absolute atomic E-state index is 0.153. The van der Waals surface area contributed by atoms with Crippen molar-refractivity contribution >= 4 is 29.3 Å². The van der Waals surface area contributed by atoms with Gasteiger partial charge in [-0.25, -0.2) is 4.79 Å². The molecule has 1 amide bonds. The van der Waals surface area contributed by atoms with Gasteiger partial charge in [-0.2, -0.15) is 0 Å². The molecule has 0 aliphatic heterocycles. The summed E-state index contributed by atoms with van der Waals surface area (Å²) in [5.41, 5.74) is 0.756. The molecule has 5 heteroatoms. The molecule has 76 valence electrons. The van der Waals surface area contributed by atoms with Crippen LogP contribution in [-0.4, -0.2) is 13.1 Å². The Morgan fingerprint density at radius 2 is 1.93 bits per heavy atom. The molecule has 0 aromatic heterocycles. The number of nitrogens with one attached hydrogen (secondary N) is 1. The van der Waals surface area contributed by atoms with Crippen LogP contribution in [0, 0.1) is 0 Å². The lowest BCUT2D eigenvalue weighted by Gasteiger charge is -2.04. The molecular formula is C9H9Cl2NO2. The molecule has 0 fully saturated rings. The Balaban J connectivity index is 2.63. The van der Waals surface area contributed by atoms with Crippen molar-refractivity contribution in [2.75, 3.05) is 7.05 Å². The molecule has 1 rings (SSSR count). The second-order valence-corrected chi connectivity index (χ2v) is 3.48. The van der Waals surface area contributed by atoms with Crippen molar-refractivity contribution in [1.82, 2.24) is 5.32 Å². The third-order valence-electron chi connectivity index (χ3n) is 1.50. The van der Waals surface area contributed by atoms with E-state index in [4.69, 9.17) is 27.9 Å². The zero-order valence-electron chi connectivity index (χ0n) is 7.51. The summed E-state index contributed by atoms with van der Waals surface area (Å²) < 4.78 is 4.82. The van der Waals surface area contributed by atoms with Gasteiger partial charge in [0.15, 0.2) is 0 Å². The van der Waals surface area contributed by atoms with E-state index in [1.54, 1.807) is 18.2 Å². The van der Waals surface area contributed by atoms with Crippen LogP contribution < -0.4 is 5.32 Å². The molecule has 1 N–H and O–H groups in total. The van der Waals surface area contributed by atoms with Crippen LogP contribution in [-0.2, 0) is 11.3 Å². The minimum Gasteiger partial charge on any atom is -0.445 e. The molecule has 0 unspecified atom stereocenters. The number of carbonyl (C=O) groups excluding carboxylic acids is 1. The van der Waals surface area contributed by atoms with Crippen LogP contribution in [0.4, 0.5) is 4.79 Å². The van der Waals surface area contributed by atoms with Gasteiger partial charge in [-0.05, 0) is 23.8 Å². The first-order valence-corrected chi connectivity index (χ1v) is 4.67. The van der Waals surface area contributed by atoms with Crippen LogP contribution >= 0.6 is 23.2 Å². The Morgan fingerprint density at radius 3 is 2.43 bits per heavy atom. The Bertz CT molecular complexity index is 321. The van der Waals surface area contributed by atoms with Crippen molar-refractivity contribution < 1.29 is 9.53 Å². The summed E-state index contributed by atoms with van der Waals surface area (Å²) in [6.07, 6.45) is -0.485. The van der Waals surface area contributed by atoms with Crippen molar-refractivity contribution in [3.8, 4) is 0 Å². The molecule has 0 saturated carbocycles. The number of carbonyl (C=O) groups is 1. The third kappa shape index (κ3) is 3.44. The smallest absolute Gasteiger partial charge is 0.407 e. The van der Waals surface area contributed by atoms with Crippen LogP contribution in [0.2, 0.25) is 10.0 Å². The predicted octanol–water partition coefficient (Wildman–Crippen LogP) is 2.85. The molecule has 0 atom stereocenters. The zero-order valence-corrected chi connectivity index (χ0v) is 9.02. The highest BCUT2D eigenvalue weighted by molar-refractivity contribution is 6.34. The van der Waals surface area contributed by atoms with Crippen molar-refractivity contribution in [3.05, 3.63) is 33.8 Å². The Labute approximate surface area is 92.0 Å². The third-order valence-corrected chi connectivity index (χ3v) is 1.93. The number of hydrogen-bond acceptors (Lipinski definition) is 2. The van der Waals surface area contributed by atoms with E-state index in [9.17, 15) is 4.79 Å². The van der Waals surface area contributed by atoms with E-state index in [0.717, 1.165) is 5.56 Å². The van der Waals surface area contributed by atoms with Crippen LogP contribution in [0.3, 0.4) is 0 Å². The summed E-state index contributed by atoms with van der Waals surface area (Å²) >= 11 is 11.5. The lowest BCUT2D eigenvalue weighted by Crippen LogP contribution is -2.18. The van der Waals surface area contributed by atoms with Gasteiger partial charge in [0.05, 0.1) is 0 Å². The maximum absolute atomic E-state index is 10.8. The molecule has 1 aromatic carbocycles. The first-order valence-electron chi connectivity index (χ1n) is 3.91. The predicted molar refractivity (Wildman–Crippen MR) is 55.7 cm³/mol. The average Bonchev–Trinajstić information content (AvgIpc) is 2.12. The van der Waals surface area contributed by atoms with E-state index in [-0.39, 0.29) is 6.61 Å². The van der Waals surface area contributed by atoms with E-state index in [0.29, 0.717) is 10.0 Å². The van der Waals surface area contributed by atoms with E-state index >= 15 is 0 Å². The monoisotopic (exact) mass is 233 g/mol. The van der Waals surface area contributed by atoms with Crippen molar-refractivity contribution in [2.24, 2.45) is 0 Å². The standard InChI is InChI=1S/C9H9Cl2NO2/c1-12-9(13)14-5-6-2-7(10)4-8(11)3-6/h2-4H,5H2,1H3,(H,12,13). The van der Waals surface area contributed by atoms with Crippen molar-refractivity contribution in [2.45, 2.75) is 6.61 Å². The van der Waals surface area contributed by atoms with Gasteiger partial charge >= 0.3 is 6.09 Å². The molecular weight excluding hydrogens is 225 g/mol. The number of ether oxygens (including phenoxy) is 1. The fourth-order valence-corrected chi connectivity index (χ4v) is 1.49. The number of amides is 1. The SMILES string of the molecule is CNC(=O)OCc1cc(Cl)cc(Cl)c1. The molecule has 14 heavy (non-hydrogen) atoms. The fraction of sp³-hybridized carbons (Fsp3) is 0.222. The first-order chi connectivity index (χ1) is 6.61. The molecule has 0 radical (unpaired) electrons. The van der Waals surface area contributed by atoms with Gasteiger partial charge in [0.25, 0.3) is 0 Å². The summed E-state index contributed by atoms with van der Waals surface area (Å²) in [6.45, 7) is 0.153. The highest BCUT2D eigenvalue weighted by atomic mass is 35.5. The molecule has 3 nitrogen and oxygen atoms in total. The topological polar surface area (TPSA) is 38.3 Å². The lowest BCUT2D eigenvalue weighted by molar-refractivity contribution is 0.142. The van der Waals surface area contributed by atoms with Crippen LogP contribution in [0.15, 0.2) is 18.2 Å². The van der Waals surface area contributed by atoms with Gasteiger partial charge in [-0.15, -0.1) is 0 Å². The maximum atomic E-state index is 10.8. The molecule has 0 aliphatic carbocycles. The van der Waals surface area contributed by atoms with Gasteiger partial charge in [0.1, 0.15) is 6.61 Å². The highest BCUT2D eigenvalue weighted by Gasteiger charge is 2.01. The number of benzene rings is 1. The van der Waals surface area contributed by atoms with Gasteiger partial charge in [0, 0.05) is 17.1 Å². The molecule has 1 aromatic rings. The molecule has 0 heterocycles. The quantitative estimate of drug-likeness (QED) is 0.854. The molecule has 0 saturated heterocycles. The summed E-state index contributed by atoms with van der Waals surface area (Å²) in [4.78, 5) is 10.8. The van der Waals surface area contributed by atoms with E-state index < -0.39 is 6.09 Å². The van der Waals surface area contributed by atoms with E-state index in [2.05, 4.69) is 5.32 Å². The average molecular weight is 234 g/mol. The minimum atomic E-state index is -0.485. The van der Waals surface area contributed by atoms with Crippen LogP contribution in [0.1, 0.15) is 5.56 Å². The van der Waals surface area contributed by atoms with Gasteiger partial charge in [-0.3, -0.25) is 0 Å². The number of hydrogen-bond donors (Lipinski definition) is 1. The number of rotatable bonds is 2. The van der Waals surface area contributed by atoms with Gasteiger partial charge < -0.3 is 10.1 Å². The Hall–Kier alpha value is -0.930. The fourth-order valence-electron chi connectivity index (χ4n) is 0.915. The summed E-state index contributed by atoms with van der Waals surface area (Å²) in [5, 5.41) is 3.38. The highest BCUT2D eigenvalue weighted by Crippen LogP contribution is 2.19. The van der Waals surface area contributed by atoms with Crippen molar-refractivity contribution in [3.63, 3.8) is 0 Å². The Morgan fingerprint density at radius 1 is 1.36 bits per heavy atom. The normalized spacial score (nSPS) is 9.64. The summed E-state index contributed by atoms with van der Waals surface area (Å²) in [5.74, 6) is 0.